The van der Waals surface area contributed by atoms with Crippen molar-refractivity contribution in [2.45, 2.75) is 19.1 Å². The van der Waals surface area contributed by atoms with Crippen molar-refractivity contribution in [1.82, 2.24) is 10.2 Å². The number of aliphatic hydroxyl groups is 1. The van der Waals surface area contributed by atoms with Crippen LogP contribution in [0.4, 0.5) is 0 Å². The Morgan fingerprint density at radius 2 is 2.23 bits per heavy atom. The molecule has 1 aromatic carbocycles. The number of carboxylic acid groups (broad SMARTS) is 1. The van der Waals surface area contributed by atoms with Crippen LogP contribution in [-0.4, -0.2) is 53.7 Å². The van der Waals surface area contributed by atoms with Crippen molar-refractivity contribution >= 4 is 24.0 Å². The van der Waals surface area contributed by atoms with Gasteiger partial charge in [0.1, 0.15) is 0 Å². The maximum absolute atomic E-state index is 12.1. The lowest BCUT2D eigenvalue weighted by Gasteiger charge is -2.32. The number of hydrogen-bond acceptors (Lipinski definition) is 4. The number of rotatable bonds is 3. The largest absolute Gasteiger partial charge is 0.483 e. The van der Waals surface area contributed by atoms with Crippen molar-refractivity contribution < 1.29 is 19.8 Å². The first-order valence-electron chi connectivity index (χ1n) is 6.94. The molecule has 0 spiro atoms. The van der Waals surface area contributed by atoms with Crippen LogP contribution in [0, 0.1) is 5.92 Å². The molecule has 0 aliphatic carbocycles. The van der Waals surface area contributed by atoms with Crippen LogP contribution in [0.1, 0.15) is 12.0 Å². The second kappa shape index (κ2) is 9.40. The summed E-state index contributed by atoms with van der Waals surface area (Å²) in [6.45, 7) is 1.62. The first kappa shape index (κ1) is 18.4. The highest BCUT2D eigenvalue weighted by Gasteiger charge is 2.31. The number of nitrogens with zero attached hydrogens (tertiary/aromatic N) is 1. The van der Waals surface area contributed by atoms with E-state index >= 15 is 0 Å². The molecular weight excluding hydrogens is 308 g/mol. The van der Waals surface area contributed by atoms with Crippen molar-refractivity contribution in [2.24, 2.45) is 5.92 Å². The molecule has 1 amide bonds. The minimum Gasteiger partial charge on any atom is -0.483 e. The molecule has 1 aromatic rings. The predicted octanol–water partition coefficient (Wildman–Crippen LogP) is 0.970. The zero-order valence-electron chi connectivity index (χ0n) is 12.4. The number of piperidine rings is 1. The number of benzene rings is 1. The number of hydrogen-bond donors (Lipinski definition) is 3. The number of amides is 1. The molecule has 1 aliphatic heterocycles. The fraction of sp³-hybridized carbons (Fsp3) is 0.467. The summed E-state index contributed by atoms with van der Waals surface area (Å²) in [6.07, 6.45) is 0.0988. The lowest BCUT2D eigenvalue weighted by molar-refractivity contribution is -0.131. The average Bonchev–Trinajstić information content (AvgIpc) is 2.48. The van der Waals surface area contributed by atoms with Gasteiger partial charge in [0.25, 0.3) is 6.47 Å². The molecule has 22 heavy (non-hydrogen) atoms. The van der Waals surface area contributed by atoms with Gasteiger partial charge in [-0.3, -0.25) is 9.59 Å². The zero-order chi connectivity index (χ0) is 16.5. The van der Waals surface area contributed by atoms with Crippen LogP contribution >= 0.6 is 11.6 Å². The van der Waals surface area contributed by atoms with E-state index in [4.69, 9.17) is 21.5 Å². The maximum Gasteiger partial charge on any atom is 0.290 e. The fourth-order valence-electron chi connectivity index (χ4n) is 2.33. The molecule has 2 atom stereocenters. The smallest absolute Gasteiger partial charge is 0.290 e. The minimum atomic E-state index is -0.546. The van der Waals surface area contributed by atoms with Crippen molar-refractivity contribution in [2.75, 3.05) is 20.1 Å². The summed E-state index contributed by atoms with van der Waals surface area (Å²) in [6, 6.07) is 7.39. The monoisotopic (exact) mass is 328 g/mol. The molecule has 1 aliphatic rings. The number of carbonyl (C=O) groups excluding carboxylic acids is 1. The van der Waals surface area contributed by atoms with Gasteiger partial charge in [-0.1, -0.05) is 23.7 Å². The fourth-order valence-corrected chi connectivity index (χ4v) is 2.54. The molecular formula is C15H21ClN2O4. The number of halogens is 1. The normalized spacial score (nSPS) is 21.4. The quantitative estimate of drug-likeness (QED) is 0.719. The predicted molar refractivity (Wildman–Crippen MR) is 83.6 cm³/mol. The summed E-state index contributed by atoms with van der Waals surface area (Å²) < 4.78 is 0. The Hall–Kier alpha value is -1.63. The van der Waals surface area contributed by atoms with Gasteiger partial charge in [0, 0.05) is 24.7 Å². The summed E-state index contributed by atoms with van der Waals surface area (Å²) in [7, 11) is 1.96. The highest BCUT2D eigenvalue weighted by atomic mass is 35.5. The third-order valence-corrected chi connectivity index (χ3v) is 3.71. The molecule has 2 rings (SSSR count). The Balaban J connectivity index is 0.000000745. The molecule has 1 heterocycles. The molecule has 6 nitrogen and oxygen atoms in total. The lowest BCUT2D eigenvalue weighted by atomic mass is 9.94. The van der Waals surface area contributed by atoms with Gasteiger partial charge in [-0.2, -0.15) is 0 Å². The number of carbonyl (C=O) groups is 2. The van der Waals surface area contributed by atoms with Gasteiger partial charge in [-0.25, -0.2) is 0 Å². The van der Waals surface area contributed by atoms with Crippen molar-refractivity contribution in [3.05, 3.63) is 34.9 Å². The third kappa shape index (κ3) is 6.01. The van der Waals surface area contributed by atoms with Gasteiger partial charge in [0.2, 0.25) is 5.91 Å². The summed E-state index contributed by atoms with van der Waals surface area (Å²) in [5.74, 6) is -0.447. The Labute approximate surface area is 134 Å². The first-order chi connectivity index (χ1) is 10.5. The third-order valence-electron chi connectivity index (χ3n) is 3.47. The highest BCUT2D eigenvalue weighted by Crippen LogP contribution is 2.16. The first-order valence-corrected chi connectivity index (χ1v) is 7.32. The van der Waals surface area contributed by atoms with Crippen LogP contribution in [0.25, 0.3) is 0 Å². The van der Waals surface area contributed by atoms with E-state index in [2.05, 4.69) is 10.2 Å². The Morgan fingerprint density at radius 1 is 1.55 bits per heavy atom. The van der Waals surface area contributed by atoms with Crippen LogP contribution in [-0.2, 0) is 16.1 Å². The number of nitrogens with one attached hydrogen (secondary N) is 1. The van der Waals surface area contributed by atoms with Crippen LogP contribution in [0.5, 0.6) is 0 Å². The van der Waals surface area contributed by atoms with Gasteiger partial charge in [0.05, 0.1) is 12.0 Å². The van der Waals surface area contributed by atoms with E-state index in [9.17, 15) is 9.90 Å². The Bertz CT molecular complexity index is 498. The molecule has 0 aromatic heterocycles. The van der Waals surface area contributed by atoms with E-state index in [1.165, 1.54) is 0 Å². The summed E-state index contributed by atoms with van der Waals surface area (Å²) in [4.78, 5) is 22.5. The van der Waals surface area contributed by atoms with Crippen molar-refractivity contribution in [3.8, 4) is 0 Å². The molecule has 7 heteroatoms. The number of aliphatic hydroxyl groups excluding tert-OH is 1. The van der Waals surface area contributed by atoms with E-state index < -0.39 is 6.10 Å². The van der Waals surface area contributed by atoms with Crippen LogP contribution in [0.3, 0.4) is 0 Å². The van der Waals surface area contributed by atoms with Crippen LogP contribution in [0.15, 0.2) is 24.3 Å². The molecule has 3 N–H and O–H groups in total. The van der Waals surface area contributed by atoms with Crippen molar-refractivity contribution in [1.29, 1.82) is 0 Å². The Morgan fingerprint density at radius 3 is 2.86 bits per heavy atom. The standard InChI is InChI=1S/C14H19ClN2O2.CH2O2/c1-17-6-5-13(18)12(9-17)14(19)16-8-10-3-2-4-11(15)7-10;2-1-3/h2-4,7,12-13,18H,5-6,8-9H2,1H3,(H,16,19);1H,(H,2,3)/t12-,13-;/m1./s1. The molecule has 0 radical (unpaired) electrons. The second-order valence-corrected chi connectivity index (χ2v) is 5.61. The molecule has 0 unspecified atom stereocenters. The van der Waals surface area contributed by atoms with Gasteiger partial charge in [0.15, 0.2) is 0 Å². The molecule has 0 bridgehead atoms. The molecule has 1 fully saturated rings. The van der Waals surface area contributed by atoms with Crippen LogP contribution < -0.4 is 5.32 Å². The Kier molecular flexibility index (Phi) is 7.87. The summed E-state index contributed by atoms with van der Waals surface area (Å²) in [5, 5.41) is 20.3. The van der Waals surface area contributed by atoms with Gasteiger partial charge >= 0.3 is 0 Å². The van der Waals surface area contributed by atoms with Crippen LogP contribution in [0.2, 0.25) is 5.02 Å². The molecule has 0 saturated carbocycles. The van der Waals surface area contributed by atoms with E-state index in [0.717, 1.165) is 12.1 Å². The average molecular weight is 329 g/mol. The highest BCUT2D eigenvalue weighted by molar-refractivity contribution is 6.30. The van der Waals surface area contributed by atoms with E-state index in [1.54, 1.807) is 6.07 Å². The van der Waals surface area contributed by atoms with Crippen molar-refractivity contribution in [3.63, 3.8) is 0 Å². The molecule has 1 saturated heterocycles. The lowest BCUT2D eigenvalue weighted by Crippen LogP contribution is -2.48. The number of likely N-dealkylation sites (tertiary alicyclic amines) is 1. The summed E-state index contributed by atoms with van der Waals surface area (Å²) >= 11 is 5.89. The van der Waals surface area contributed by atoms with E-state index in [0.29, 0.717) is 24.5 Å². The minimum absolute atomic E-state index is 0.0981. The maximum atomic E-state index is 12.1. The van der Waals surface area contributed by atoms with Gasteiger partial charge in [-0.05, 0) is 31.2 Å². The SMILES string of the molecule is CN1CC[C@@H](O)[C@H](C(=O)NCc2cccc(Cl)c2)C1.O=CO. The van der Waals surface area contributed by atoms with Gasteiger partial charge < -0.3 is 20.4 Å². The topological polar surface area (TPSA) is 89.9 Å². The van der Waals surface area contributed by atoms with Gasteiger partial charge in [-0.15, -0.1) is 0 Å². The van der Waals surface area contributed by atoms with E-state index in [-0.39, 0.29) is 18.3 Å². The van der Waals surface area contributed by atoms with E-state index in [1.807, 2.05) is 25.2 Å². The zero-order valence-corrected chi connectivity index (χ0v) is 13.2. The second-order valence-electron chi connectivity index (χ2n) is 5.18. The molecule has 122 valence electrons. The summed E-state index contributed by atoms with van der Waals surface area (Å²) in [5.41, 5.74) is 0.958.